The van der Waals surface area contributed by atoms with Crippen LogP contribution in [0, 0.1) is 0 Å². The number of nitrogens with zero attached hydrogens (tertiary/aromatic N) is 3. The molecular weight excluding hydrogens is 228 g/mol. The van der Waals surface area contributed by atoms with Crippen LogP contribution in [0.3, 0.4) is 0 Å². The van der Waals surface area contributed by atoms with E-state index in [0.29, 0.717) is 13.1 Å². The van der Waals surface area contributed by atoms with Crippen molar-refractivity contribution in [3.8, 4) is 0 Å². The lowest BCUT2D eigenvalue weighted by Crippen LogP contribution is -2.54. The number of carbonyl (C=O) groups excluding carboxylic acids is 1. The predicted octanol–water partition coefficient (Wildman–Crippen LogP) is 0.0730. The maximum Gasteiger partial charge on any atom is 0.236 e. The minimum Gasteiger partial charge on any atom is -0.340 e. The summed E-state index contributed by atoms with van der Waals surface area (Å²) in [6, 6.07) is 4.21. The Labute approximate surface area is 108 Å². The number of rotatable bonds is 4. The minimum absolute atomic E-state index is 0.175. The van der Waals surface area contributed by atoms with Crippen LogP contribution in [0.15, 0.2) is 24.5 Å². The number of pyridine rings is 1. The number of likely N-dealkylation sites (N-methyl/N-ethyl adjacent to an activating group) is 1. The molecule has 1 aromatic rings. The van der Waals surface area contributed by atoms with Crippen LogP contribution in [0.1, 0.15) is 12.0 Å². The second kappa shape index (κ2) is 5.93. The zero-order valence-corrected chi connectivity index (χ0v) is 10.7. The summed E-state index contributed by atoms with van der Waals surface area (Å²) in [6.45, 7) is 2.79. The third-order valence-corrected chi connectivity index (χ3v) is 3.42. The first-order valence-corrected chi connectivity index (χ1v) is 6.27. The molecule has 1 aliphatic rings. The summed E-state index contributed by atoms with van der Waals surface area (Å²) in [5.74, 6) is 0.175. The lowest BCUT2D eigenvalue weighted by molar-refractivity contribution is -0.138. The zero-order chi connectivity index (χ0) is 13.0. The Morgan fingerprint density at radius 3 is 2.83 bits per heavy atom. The number of aromatic nitrogens is 1. The Morgan fingerprint density at radius 2 is 2.17 bits per heavy atom. The van der Waals surface area contributed by atoms with Crippen LogP contribution in [-0.4, -0.2) is 53.4 Å². The maximum atomic E-state index is 11.9. The topological polar surface area (TPSA) is 62.5 Å². The highest BCUT2D eigenvalue weighted by molar-refractivity contribution is 5.79. The van der Waals surface area contributed by atoms with Gasteiger partial charge in [0.2, 0.25) is 5.91 Å². The molecule has 2 heterocycles. The van der Waals surface area contributed by atoms with E-state index in [9.17, 15) is 4.79 Å². The molecule has 0 aromatic carbocycles. The average molecular weight is 248 g/mol. The molecular formula is C13H20N4O. The van der Waals surface area contributed by atoms with Crippen LogP contribution in [-0.2, 0) is 11.3 Å². The van der Waals surface area contributed by atoms with Crippen molar-refractivity contribution in [2.75, 3.05) is 26.7 Å². The van der Waals surface area contributed by atoms with E-state index in [1.807, 2.05) is 24.1 Å². The number of hydrogen-bond donors (Lipinski definition) is 1. The first-order valence-electron chi connectivity index (χ1n) is 6.27. The number of carbonyl (C=O) groups is 1. The van der Waals surface area contributed by atoms with Crippen LogP contribution >= 0.6 is 0 Å². The Balaban J connectivity index is 1.99. The van der Waals surface area contributed by atoms with E-state index < -0.39 is 0 Å². The summed E-state index contributed by atoms with van der Waals surface area (Å²) in [6.07, 6.45) is 4.42. The zero-order valence-electron chi connectivity index (χ0n) is 10.7. The van der Waals surface area contributed by atoms with Crippen molar-refractivity contribution in [1.82, 2.24) is 14.8 Å². The van der Waals surface area contributed by atoms with Crippen LogP contribution < -0.4 is 5.73 Å². The summed E-state index contributed by atoms with van der Waals surface area (Å²) in [4.78, 5) is 19.9. The molecule has 0 radical (unpaired) electrons. The summed E-state index contributed by atoms with van der Waals surface area (Å²) in [7, 11) is 1.87. The molecule has 1 aromatic heterocycles. The van der Waals surface area contributed by atoms with Crippen molar-refractivity contribution < 1.29 is 4.79 Å². The van der Waals surface area contributed by atoms with Crippen molar-refractivity contribution >= 4 is 5.91 Å². The largest absolute Gasteiger partial charge is 0.340 e. The summed E-state index contributed by atoms with van der Waals surface area (Å²) < 4.78 is 0. The van der Waals surface area contributed by atoms with Crippen LogP contribution in [0.5, 0.6) is 0 Å². The second-order valence-corrected chi connectivity index (χ2v) is 4.76. The standard InChI is InChI=1S/C13H20N4O/c1-16-12(2-5-14)9-17(10-13(16)18)8-11-3-6-15-7-4-11/h3-4,6-7,12H,2,5,8-10,14H2,1H3. The van der Waals surface area contributed by atoms with Crippen LogP contribution in [0.25, 0.3) is 0 Å². The van der Waals surface area contributed by atoms with Crippen molar-refractivity contribution in [2.45, 2.75) is 19.0 Å². The molecule has 0 saturated carbocycles. The molecule has 0 spiro atoms. The third-order valence-electron chi connectivity index (χ3n) is 3.42. The van der Waals surface area contributed by atoms with Gasteiger partial charge >= 0.3 is 0 Å². The highest BCUT2D eigenvalue weighted by Gasteiger charge is 2.29. The molecule has 2 rings (SSSR count). The van der Waals surface area contributed by atoms with Gasteiger partial charge in [0.1, 0.15) is 0 Å². The van der Waals surface area contributed by atoms with E-state index in [-0.39, 0.29) is 11.9 Å². The van der Waals surface area contributed by atoms with Crippen LogP contribution in [0.4, 0.5) is 0 Å². The fourth-order valence-corrected chi connectivity index (χ4v) is 2.34. The van der Waals surface area contributed by atoms with Crippen molar-refractivity contribution in [1.29, 1.82) is 0 Å². The quantitative estimate of drug-likeness (QED) is 0.819. The van der Waals surface area contributed by atoms with E-state index in [4.69, 9.17) is 5.73 Å². The average Bonchev–Trinajstić information content (AvgIpc) is 2.37. The lowest BCUT2D eigenvalue weighted by Gasteiger charge is -2.39. The van der Waals surface area contributed by atoms with Gasteiger partial charge in [-0.15, -0.1) is 0 Å². The maximum absolute atomic E-state index is 11.9. The van der Waals surface area contributed by atoms with E-state index >= 15 is 0 Å². The summed E-state index contributed by atoms with van der Waals surface area (Å²) >= 11 is 0. The first kappa shape index (κ1) is 13.0. The van der Waals surface area contributed by atoms with E-state index in [0.717, 1.165) is 19.5 Å². The van der Waals surface area contributed by atoms with Gasteiger partial charge in [0, 0.05) is 38.6 Å². The SMILES string of the molecule is CN1C(=O)CN(Cc2ccncc2)CC1CCN. The highest BCUT2D eigenvalue weighted by Crippen LogP contribution is 2.14. The highest BCUT2D eigenvalue weighted by atomic mass is 16.2. The minimum atomic E-state index is 0.175. The monoisotopic (exact) mass is 248 g/mol. The molecule has 1 fully saturated rings. The van der Waals surface area contributed by atoms with Gasteiger partial charge in [-0.05, 0) is 30.7 Å². The summed E-state index contributed by atoms with van der Waals surface area (Å²) in [5, 5.41) is 0. The van der Waals surface area contributed by atoms with Crippen LogP contribution in [0.2, 0.25) is 0 Å². The molecule has 0 bridgehead atoms. The molecule has 1 atom stereocenters. The number of nitrogens with two attached hydrogens (primary N) is 1. The Hall–Kier alpha value is -1.46. The molecule has 1 unspecified atom stereocenters. The normalized spacial score (nSPS) is 21.3. The van der Waals surface area contributed by atoms with Crippen molar-refractivity contribution in [2.24, 2.45) is 5.73 Å². The third kappa shape index (κ3) is 3.05. The lowest BCUT2D eigenvalue weighted by atomic mass is 10.1. The van der Waals surface area contributed by atoms with E-state index in [1.165, 1.54) is 5.56 Å². The fraction of sp³-hybridized carbons (Fsp3) is 0.538. The smallest absolute Gasteiger partial charge is 0.236 e. The molecule has 1 aliphatic heterocycles. The van der Waals surface area contributed by atoms with E-state index in [1.54, 1.807) is 12.4 Å². The van der Waals surface area contributed by atoms with Gasteiger partial charge in [0.15, 0.2) is 0 Å². The number of piperazine rings is 1. The second-order valence-electron chi connectivity index (χ2n) is 4.76. The van der Waals surface area contributed by atoms with Gasteiger partial charge < -0.3 is 10.6 Å². The van der Waals surface area contributed by atoms with Gasteiger partial charge in [0.25, 0.3) is 0 Å². The number of hydrogen-bond acceptors (Lipinski definition) is 4. The Kier molecular flexibility index (Phi) is 4.28. The molecule has 1 amide bonds. The predicted molar refractivity (Wildman–Crippen MR) is 69.7 cm³/mol. The van der Waals surface area contributed by atoms with Crippen molar-refractivity contribution in [3.63, 3.8) is 0 Å². The Morgan fingerprint density at radius 1 is 1.44 bits per heavy atom. The van der Waals surface area contributed by atoms with Gasteiger partial charge in [0.05, 0.1) is 6.54 Å². The van der Waals surface area contributed by atoms with Gasteiger partial charge in [-0.3, -0.25) is 14.7 Å². The Bertz CT molecular complexity index is 395. The fourth-order valence-electron chi connectivity index (χ4n) is 2.34. The molecule has 98 valence electrons. The molecule has 5 nitrogen and oxygen atoms in total. The molecule has 5 heteroatoms. The van der Waals surface area contributed by atoms with E-state index in [2.05, 4.69) is 9.88 Å². The molecule has 2 N–H and O–H groups in total. The van der Waals surface area contributed by atoms with Gasteiger partial charge in [-0.2, -0.15) is 0 Å². The first-order chi connectivity index (χ1) is 8.70. The molecule has 18 heavy (non-hydrogen) atoms. The molecule has 1 saturated heterocycles. The molecule has 0 aliphatic carbocycles. The number of amides is 1. The van der Waals surface area contributed by atoms with Crippen molar-refractivity contribution in [3.05, 3.63) is 30.1 Å². The summed E-state index contributed by atoms with van der Waals surface area (Å²) in [5.41, 5.74) is 6.79. The van der Waals surface area contributed by atoms with Gasteiger partial charge in [-0.25, -0.2) is 0 Å². The van der Waals surface area contributed by atoms with Gasteiger partial charge in [-0.1, -0.05) is 0 Å².